The van der Waals surface area contributed by atoms with Gasteiger partial charge < -0.3 is 0 Å². The van der Waals surface area contributed by atoms with E-state index in [9.17, 15) is 4.79 Å². The van der Waals surface area contributed by atoms with Gasteiger partial charge in [0, 0.05) is 6.42 Å². The van der Waals surface area contributed by atoms with E-state index < -0.39 is 0 Å². The predicted octanol–water partition coefficient (Wildman–Crippen LogP) is 4.13. The zero-order valence-electron chi connectivity index (χ0n) is 10.9. The van der Waals surface area contributed by atoms with Crippen molar-refractivity contribution in [2.75, 3.05) is 0 Å². The summed E-state index contributed by atoms with van der Waals surface area (Å²) in [6, 6.07) is 0. The Morgan fingerprint density at radius 2 is 1.75 bits per heavy atom. The van der Waals surface area contributed by atoms with Gasteiger partial charge in [-0.1, -0.05) is 39.2 Å². The Balaban J connectivity index is 2.06. The average molecular weight is 220 g/mol. The van der Waals surface area contributed by atoms with E-state index in [0.717, 1.165) is 18.8 Å². The summed E-state index contributed by atoms with van der Waals surface area (Å²) >= 11 is 0. The highest BCUT2D eigenvalue weighted by Crippen LogP contribution is 2.41. The maximum absolute atomic E-state index is 11.7. The van der Waals surface area contributed by atoms with Gasteiger partial charge in [0.25, 0.3) is 0 Å². The van der Waals surface area contributed by atoms with Crippen LogP contribution in [-0.2, 0) is 4.79 Å². The Labute approximate surface area is 99.3 Å². The van der Waals surface area contributed by atoms with Crippen molar-refractivity contribution in [2.24, 2.45) is 17.3 Å². The van der Waals surface area contributed by atoms with Crippen LogP contribution in [0.5, 0.6) is 0 Å². The van der Waals surface area contributed by atoms with Crippen LogP contribution in [0.2, 0.25) is 0 Å². The summed E-state index contributed by atoms with van der Waals surface area (Å²) in [6.45, 7) is 6.80. The maximum atomic E-state index is 11.7. The molecule has 16 heavy (non-hydrogen) atoms. The van der Waals surface area contributed by atoms with E-state index in [2.05, 4.69) is 20.8 Å². The Morgan fingerprint density at radius 1 is 1.12 bits per heavy atom. The molecule has 0 bridgehead atoms. The summed E-state index contributed by atoms with van der Waals surface area (Å²) in [5, 5.41) is 0. The summed E-state index contributed by atoms with van der Waals surface area (Å²) in [6.07, 6.45) is 9.13. The minimum atomic E-state index is 0.199. The van der Waals surface area contributed by atoms with Crippen LogP contribution >= 0.6 is 0 Å². The molecular weight excluding hydrogens is 196 g/mol. The van der Waals surface area contributed by atoms with Gasteiger partial charge in [0.05, 0.1) is 0 Å². The molecule has 1 heteroatoms. The zero-order chi connectivity index (χ0) is 11.8. The summed E-state index contributed by atoms with van der Waals surface area (Å²) in [7, 11) is 0. The van der Waals surface area contributed by atoms with Crippen molar-refractivity contribution in [3.63, 3.8) is 0 Å². The average Bonchev–Trinajstić information content (AvgIpc) is 2.15. The molecule has 0 aromatic heterocycles. The first kappa shape index (κ1) is 11.9. The van der Waals surface area contributed by atoms with Crippen molar-refractivity contribution in [1.29, 1.82) is 0 Å². The zero-order valence-corrected chi connectivity index (χ0v) is 10.9. The van der Waals surface area contributed by atoms with Crippen LogP contribution in [-0.4, -0.2) is 5.78 Å². The molecule has 1 saturated carbocycles. The molecule has 0 aromatic carbocycles. The minimum absolute atomic E-state index is 0.199. The lowest BCUT2D eigenvalue weighted by Gasteiger charge is -2.35. The number of allylic oxidation sites excluding steroid dienone is 2. The first-order chi connectivity index (χ1) is 7.46. The molecule has 90 valence electrons. The third-order valence-electron chi connectivity index (χ3n) is 4.22. The number of hydrogen-bond acceptors (Lipinski definition) is 1. The third kappa shape index (κ3) is 2.75. The van der Waals surface area contributed by atoms with Crippen molar-refractivity contribution < 1.29 is 4.79 Å². The highest BCUT2D eigenvalue weighted by molar-refractivity contribution is 5.91. The van der Waals surface area contributed by atoms with Crippen molar-refractivity contribution in [2.45, 2.75) is 59.3 Å². The number of hydrogen-bond donors (Lipinski definition) is 0. The SMILES string of the molecule is CC1CCC(C2=CC(=O)CC(C)(C)C2)CC1. The van der Waals surface area contributed by atoms with Gasteiger partial charge in [-0.05, 0) is 42.6 Å². The molecule has 0 radical (unpaired) electrons. The highest BCUT2D eigenvalue weighted by atomic mass is 16.1. The Bertz CT molecular complexity index is 303. The Kier molecular flexibility index (Phi) is 3.23. The predicted molar refractivity (Wildman–Crippen MR) is 67.2 cm³/mol. The Hall–Kier alpha value is -0.590. The molecule has 0 aromatic rings. The second-order valence-electron chi connectivity index (χ2n) is 6.66. The van der Waals surface area contributed by atoms with E-state index >= 15 is 0 Å². The third-order valence-corrected chi connectivity index (χ3v) is 4.22. The molecule has 0 saturated heterocycles. The summed E-state index contributed by atoms with van der Waals surface area (Å²) in [5.41, 5.74) is 1.65. The molecule has 2 aliphatic rings. The lowest BCUT2D eigenvalue weighted by atomic mass is 9.69. The fraction of sp³-hybridized carbons (Fsp3) is 0.800. The molecule has 2 aliphatic carbocycles. The van der Waals surface area contributed by atoms with Crippen LogP contribution in [0.4, 0.5) is 0 Å². The lowest BCUT2D eigenvalue weighted by molar-refractivity contribution is -0.117. The monoisotopic (exact) mass is 220 g/mol. The first-order valence-corrected chi connectivity index (χ1v) is 6.69. The number of ketones is 1. The molecule has 0 N–H and O–H groups in total. The molecule has 1 fully saturated rings. The molecule has 0 unspecified atom stereocenters. The van der Waals surface area contributed by atoms with Gasteiger partial charge in [-0.15, -0.1) is 0 Å². The highest BCUT2D eigenvalue weighted by Gasteiger charge is 2.31. The van der Waals surface area contributed by atoms with Crippen molar-refractivity contribution in [1.82, 2.24) is 0 Å². The van der Waals surface area contributed by atoms with Gasteiger partial charge in [-0.2, -0.15) is 0 Å². The van der Waals surface area contributed by atoms with Crippen molar-refractivity contribution in [3.05, 3.63) is 11.6 Å². The number of carbonyl (C=O) groups is 1. The molecule has 1 nitrogen and oxygen atoms in total. The molecule has 0 amide bonds. The largest absolute Gasteiger partial charge is 0.295 e. The maximum Gasteiger partial charge on any atom is 0.156 e. The van der Waals surface area contributed by atoms with E-state index in [4.69, 9.17) is 0 Å². The molecular formula is C15H24O. The topological polar surface area (TPSA) is 17.1 Å². The molecule has 0 heterocycles. The number of rotatable bonds is 1. The van der Waals surface area contributed by atoms with Crippen LogP contribution in [0, 0.1) is 17.3 Å². The Morgan fingerprint density at radius 3 is 2.31 bits per heavy atom. The smallest absolute Gasteiger partial charge is 0.156 e. The molecule has 0 aliphatic heterocycles. The lowest BCUT2D eigenvalue weighted by Crippen LogP contribution is -2.26. The van der Waals surface area contributed by atoms with Crippen LogP contribution in [0.25, 0.3) is 0 Å². The molecule has 0 atom stereocenters. The van der Waals surface area contributed by atoms with Crippen LogP contribution < -0.4 is 0 Å². The second kappa shape index (κ2) is 4.35. The van der Waals surface area contributed by atoms with Crippen molar-refractivity contribution >= 4 is 5.78 Å². The van der Waals surface area contributed by atoms with Crippen LogP contribution in [0.3, 0.4) is 0 Å². The van der Waals surface area contributed by atoms with Crippen LogP contribution in [0.15, 0.2) is 11.6 Å². The summed E-state index contributed by atoms with van der Waals surface area (Å²) in [4.78, 5) is 11.7. The summed E-state index contributed by atoms with van der Waals surface area (Å²) in [5.74, 6) is 1.95. The van der Waals surface area contributed by atoms with Crippen molar-refractivity contribution in [3.8, 4) is 0 Å². The number of carbonyl (C=O) groups excluding carboxylic acids is 1. The van der Waals surface area contributed by atoms with Crippen LogP contribution in [0.1, 0.15) is 59.3 Å². The fourth-order valence-corrected chi connectivity index (χ4v) is 3.29. The summed E-state index contributed by atoms with van der Waals surface area (Å²) < 4.78 is 0. The molecule has 2 rings (SSSR count). The molecule has 0 spiro atoms. The normalized spacial score (nSPS) is 34.7. The van der Waals surface area contributed by atoms with Gasteiger partial charge in [0.1, 0.15) is 0 Å². The van der Waals surface area contributed by atoms with E-state index in [0.29, 0.717) is 11.7 Å². The van der Waals surface area contributed by atoms with E-state index in [1.165, 1.54) is 31.3 Å². The first-order valence-electron chi connectivity index (χ1n) is 6.69. The van der Waals surface area contributed by atoms with Gasteiger partial charge >= 0.3 is 0 Å². The fourth-order valence-electron chi connectivity index (χ4n) is 3.29. The second-order valence-corrected chi connectivity index (χ2v) is 6.66. The standard InChI is InChI=1S/C15H24O/c1-11-4-6-12(7-5-11)13-8-14(16)10-15(2,3)9-13/h8,11-12H,4-7,9-10H2,1-3H3. The van der Waals surface area contributed by atoms with Gasteiger partial charge in [-0.25, -0.2) is 0 Å². The minimum Gasteiger partial charge on any atom is -0.295 e. The van der Waals surface area contributed by atoms with Gasteiger partial charge in [-0.3, -0.25) is 4.79 Å². The van der Waals surface area contributed by atoms with Gasteiger partial charge in [0.15, 0.2) is 5.78 Å². The quantitative estimate of drug-likeness (QED) is 0.649. The van der Waals surface area contributed by atoms with E-state index in [-0.39, 0.29) is 5.41 Å². The van der Waals surface area contributed by atoms with Gasteiger partial charge in [0.2, 0.25) is 0 Å². The van der Waals surface area contributed by atoms with E-state index in [1.54, 1.807) is 0 Å². The van der Waals surface area contributed by atoms with E-state index in [1.807, 2.05) is 6.08 Å².